The Labute approximate surface area is 100 Å². The normalized spacial score (nSPS) is 10.5. The lowest BCUT2D eigenvalue weighted by molar-refractivity contribution is 0.147. The molecule has 0 bridgehead atoms. The van der Waals surface area contributed by atoms with Gasteiger partial charge in [0.1, 0.15) is 12.4 Å². The second-order valence-corrected chi connectivity index (χ2v) is 3.52. The molecule has 0 radical (unpaired) electrons. The van der Waals surface area contributed by atoms with E-state index in [1.807, 2.05) is 24.3 Å². The molecule has 0 amide bonds. The number of nitrogens with zero attached hydrogens (tertiary/aromatic N) is 1. The van der Waals surface area contributed by atoms with E-state index in [2.05, 4.69) is 4.98 Å². The number of hydrogen-bond acceptors (Lipinski definition) is 4. The third-order valence-corrected chi connectivity index (χ3v) is 2.46. The van der Waals surface area contributed by atoms with Crippen LogP contribution in [-0.4, -0.2) is 32.4 Å². The minimum atomic E-state index is 0.508. The van der Waals surface area contributed by atoms with E-state index in [4.69, 9.17) is 14.2 Å². The van der Waals surface area contributed by atoms with Crippen molar-refractivity contribution in [3.8, 4) is 11.6 Å². The van der Waals surface area contributed by atoms with Crippen molar-refractivity contribution in [3.63, 3.8) is 0 Å². The van der Waals surface area contributed by atoms with Gasteiger partial charge in [0.05, 0.1) is 19.9 Å². The topological polar surface area (TPSA) is 40.6 Å². The summed E-state index contributed by atoms with van der Waals surface area (Å²) in [4.78, 5) is 4.22. The number of rotatable bonds is 5. The fraction of sp³-hybridized carbons (Fsp3) is 0.308. The maximum Gasteiger partial charge on any atom is 0.221 e. The summed E-state index contributed by atoms with van der Waals surface area (Å²) in [6.45, 7) is 1.06. The summed E-state index contributed by atoms with van der Waals surface area (Å²) >= 11 is 0. The molecule has 0 aliphatic heterocycles. The van der Waals surface area contributed by atoms with E-state index in [9.17, 15) is 0 Å². The van der Waals surface area contributed by atoms with Crippen LogP contribution in [0.4, 0.5) is 0 Å². The molecule has 0 unspecified atom stereocenters. The van der Waals surface area contributed by atoms with Crippen LogP contribution in [0.5, 0.6) is 11.6 Å². The molecule has 1 heterocycles. The van der Waals surface area contributed by atoms with Crippen LogP contribution in [0, 0.1) is 0 Å². The number of hydrogen-bond donors (Lipinski definition) is 0. The van der Waals surface area contributed by atoms with Crippen LogP contribution in [0.2, 0.25) is 0 Å². The summed E-state index contributed by atoms with van der Waals surface area (Å²) in [5.41, 5.74) is 0. The Morgan fingerprint density at radius 2 is 1.82 bits per heavy atom. The van der Waals surface area contributed by atoms with Crippen molar-refractivity contribution in [1.82, 2.24) is 4.98 Å². The molecule has 2 aromatic rings. The first-order chi connectivity index (χ1) is 8.36. The van der Waals surface area contributed by atoms with Crippen LogP contribution < -0.4 is 9.47 Å². The van der Waals surface area contributed by atoms with Gasteiger partial charge >= 0.3 is 0 Å². The molecular formula is C13H15NO3. The SMILES string of the molecule is COCCOc1cnc(OC)c2ccccc12. The molecule has 0 fully saturated rings. The van der Waals surface area contributed by atoms with Gasteiger partial charge in [-0.15, -0.1) is 0 Å². The smallest absolute Gasteiger partial charge is 0.221 e. The van der Waals surface area contributed by atoms with E-state index in [1.54, 1.807) is 20.4 Å². The predicted octanol–water partition coefficient (Wildman–Crippen LogP) is 2.27. The molecular weight excluding hydrogens is 218 g/mol. The Balaban J connectivity index is 2.37. The average Bonchev–Trinajstić information content (AvgIpc) is 2.39. The molecule has 17 heavy (non-hydrogen) atoms. The first-order valence-corrected chi connectivity index (χ1v) is 5.40. The van der Waals surface area contributed by atoms with Crippen molar-refractivity contribution in [2.24, 2.45) is 0 Å². The minimum Gasteiger partial charge on any atom is -0.489 e. The molecule has 1 aromatic heterocycles. The first kappa shape index (κ1) is 11.7. The lowest BCUT2D eigenvalue weighted by Crippen LogP contribution is -2.05. The van der Waals surface area contributed by atoms with Gasteiger partial charge in [-0.05, 0) is 6.07 Å². The van der Waals surface area contributed by atoms with Gasteiger partial charge in [-0.25, -0.2) is 4.98 Å². The zero-order valence-corrected chi connectivity index (χ0v) is 9.97. The van der Waals surface area contributed by atoms with Crippen LogP contribution in [0.15, 0.2) is 30.5 Å². The first-order valence-electron chi connectivity index (χ1n) is 5.40. The fourth-order valence-corrected chi connectivity index (χ4v) is 1.65. The summed E-state index contributed by atoms with van der Waals surface area (Å²) < 4.78 is 15.8. The van der Waals surface area contributed by atoms with Gasteiger partial charge < -0.3 is 14.2 Å². The van der Waals surface area contributed by atoms with E-state index in [0.29, 0.717) is 19.1 Å². The molecule has 0 N–H and O–H groups in total. The van der Waals surface area contributed by atoms with Gasteiger partial charge in [0.25, 0.3) is 0 Å². The lowest BCUT2D eigenvalue weighted by Gasteiger charge is -2.10. The van der Waals surface area contributed by atoms with E-state index in [1.165, 1.54) is 0 Å². The zero-order chi connectivity index (χ0) is 12.1. The molecule has 90 valence electrons. The van der Waals surface area contributed by atoms with E-state index in [-0.39, 0.29) is 0 Å². The van der Waals surface area contributed by atoms with E-state index < -0.39 is 0 Å². The van der Waals surface area contributed by atoms with Crippen molar-refractivity contribution in [2.75, 3.05) is 27.4 Å². The number of pyridine rings is 1. The van der Waals surface area contributed by atoms with E-state index in [0.717, 1.165) is 16.5 Å². The third-order valence-electron chi connectivity index (χ3n) is 2.46. The van der Waals surface area contributed by atoms with Gasteiger partial charge in [-0.1, -0.05) is 18.2 Å². The Hall–Kier alpha value is -1.81. The number of methoxy groups -OCH3 is 2. The Morgan fingerprint density at radius 1 is 1.06 bits per heavy atom. The van der Waals surface area contributed by atoms with Crippen molar-refractivity contribution in [2.45, 2.75) is 0 Å². The number of ether oxygens (including phenoxy) is 3. The van der Waals surface area contributed by atoms with Crippen LogP contribution in [0.25, 0.3) is 10.8 Å². The van der Waals surface area contributed by atoms with Gasteiger partial charge in [0.2, 0.25) is 5.88 Å². The lowest BCUT2D eigenvalue weighted by atomic mass is 10.1. The second-order valence-electron chi connectivity index (χ2n) is 3.52. The maximum atomic E-state index is 5.62. The van der Waals surface area contributed by atoms with Crippen molar-refractivity contribution >= 4 is 10.8 Å². The van der Waals surface area contributed by atoms with Gasteiger partial charge in [-0.3, -0.25) is 0 Å². The second kappa shape index (κ2) is 5.50. The average molecular weight is 233 g/mol. The highest BCUT2D eigenvalue weighted by molar-refractivity contribution is 5.91. The van der Waals surface area contributed by atoms with E-state index >= 15 is 0 Å². The third kappa shape index (κ3) is 2.47. The fourth-order valence-electron chi connectivity index (χ4n) is 1.65. The molecule has 1 aromatic carbocycles. The van der Waals surface area contributed by atoms with Crippen LogP contribution in [-0.2, 0) is 4.74 Å². The molecule has 4 heteroatoms. The molecule has 0 saturated carbocycles. The van der Waals surface area contributed by atoms with Crippen LogP contribution in [0.1, 0.15) is 0 Å². The predicted molar refractivity (Wildman–Crippen MR) is 65.7 cm³/mol. The molecule has 4 nitrogen and oxygen atoms in total. The molecule has 0 atom stereocenters. The summed E-state index contributed by atoms with van der Waals surface area (Å²) in [6, 6.07) is 7.86. The highest BCUT2D eigenvalue weighted by atomic mass is 16.5. The molecule has 0 aliphatic rings. The maximum absolute atomic E-state index is 5.62. The van der Waals surface area contributed by atoms with Gasteiger partial charge in [-0.2, -0.15) is 0 Å². The number of aromatic nitrogens is 1. The summed E-state index contributed by atoms with van der Waals surface area (Å²) in [5.74, 6) is 1.36. The van der Waals surface area contributed by atoms with Gasteiger partial charge in [0.15, 0.2) is 0 Å². The summed E-state index contributed by atoms with van der Waals surface area (Å²) in [7, 11) is 3.26. The quantitative estimate of drug-likeness (QED) is 0.743. The van der Waals surface area contributed by atoms with Crippen molar-refractivity contribution in [1.29, 1.82) is 0 Å². The molecule has 0 aliphatic carbocycles. The van der Waals surface area contributed by atoms with Gasteiger partial charge in [0, 0.05) is 17.9 Å². The van der Waals surface area contributed by atoms with Crippen LogP contribution in [0.3, 0.4) is 0 Å². The molecule has 0 spiro atoms. The summed E-state index contributed by atoms with van der Waals surface area (Å²) in [6.07, 6.45) is 1.68. The zero-order valence-electron chi connectivity index (χ0n) is 9.97. The molecule has 2 rings (SSSR count). The van der Waals surface area contributed by atoms with Crippen molar-refractivity contribution < 1.29 is 14.2 Å². The Bertz CT molecular complexity index is 499. The Morgan fingerprint density at radius 3 is 2.53 bits per heavy atom. The van der Waals surface area contributed by atoms with Crippen molar-refractivity contribution in [3.05, 3.63) is 30.5 Å². The largest absolute Gasteiger partial charge is 0.489 e. The highest BCUT2D eigenvalue weighted by Gasteiger charge is 2.07. The number of fused-ring (bicyclic) bond motifs is 1. The minimum absolute atomic E-state index is 0.508. The highest BCUT2D eigenvalue weighted by Crippen LogP contribution is 2.30. The monoisotopic (exact) mass is 233 g/mol. The Kier molecular flexibility index (Phi) is 3.77. The summed E-state index contributed by atoms with van der Waals surface area (Å²) in [5, 5.41) is 1.94. The number of benzene rings is 1. The molecule has 0 saturated heterocycles. The van der Waals surface area contributed by atoms with Crippen LogP contribution >= 0.6 is 0 Å². The standard InChI is InChI=1S/C13H15NO3/c1-15-7-8-17-12-9-14-13(16-2)11-6-4-3-5-10(11)12/h3-6,9H,7-8H2,1-2H3.